The highest BCUT2D eigenvalue weighted by Crippen LogP contribution is 2.27. The molecule has 1 unspecified atom stereocenters. The van der Waals surface area contributed by atoms with Crippen LogP contribution in [0.2, 0.25) is 0 Å². The fraction of sp³-hybridized carbons (Fsp3) is 0.250. The van der Waals surface area contributed by atoms with Gasteiger partial charge in [0.1, 0.15) is 0 Å². The minimum atomic E-state index is -0.363. The molecule has 0 aliphatic rings. The molecule has 0 radical (unpaired) electrons. The van der Waals surface area contributed by atoms with Crippen LogP contribution in [0, 0.1) is 10.1 Å². The highest BCUT2D eigenvalue weighted by molar-refractivity contribution is 5.50. The quantitative estimate of drug-likeness (QED) is 0.631. The third kappa shape index (κ3) is 3.79. The van der Waals surface area contributed by atoms with Gasteiger partial charge in [0.2, 0.25) is 0 Å². The fourth-order valence-electron chi connectivity index (χ4n) is 2.24. The van der Waals surface area contributed by atoms with Crippen LogP contribution in [0.5, 0.6) is 0 Å². The molecular formula is C16H18N2O3. The third-order valence-electron chi connectivity index (χ3n) is 3.34. The third-order valence-corrected chi connectivity index (χ3v) is 3.34. The number of nitrogens with one attached hydrogen (secondary N) is 1. The topological polar surface area (TPSA) is 75.4 Å². The van der Waals surface area contributed by atoms with Crippen molar-refractivity contribution in [2.24, 2.45) is 0 Å². The minimum Gasteiger partial charge on any atom is -0.396 e. The summed E-state index contributed by atoms with van der Waals surface area (Å²) in [6, 6.07) is 14.3. The van der Waals surface area contributed by atoms with E-state index in [-0.39, 0.29) is 23.3 Å². The van der Waals surface area contributed by atoms with Gasteiger partial charge in [-0.05, 0) is 31.0 Å². The van der Waals surface area contributed by atoms with Crippen molar-refractivity contribution in [3.63, 3.8) is 0 Å². The first kappa shape index (κ1) is 15.0. The molecule has 2 rings (SSSR count). The summed E-state index contributed by atoms with van der Waals surface area (Å²) < 4.78 is 0. The molecule has 0 fully saturated rings. The summed E-state index contributed by atoms with van der Waals surface area (Å²) in [7, 11) is 0. The van der Waals surface area contributed by atoms with Gasteiger partial charge in [-0.25, -0.2) is 0 Å². The lowest BCUT2D eigenvalue weighted by molar-refractivity contribution is -0.385. The van der Waals surface area contributed by atoms with Gasteiger partial charge in [-0.15, -0.1) is 0 Å². The lowest BCUT2D eigenvalue weighted by Crippen LogP contribution is -2.09. The Kier molecular flexibility index (Phi) is 4.90. The number of nitrogens with zero attached hydrogens (tertiary/aromatic N) is 1. The summed E-state index contributed by atoms with van der Waals surface area (Å²) in [6.07, 6.45) is 0.625. The van der Waals surface area contributed by atoms with Crippen molar-refractivity contribution >= 4 is 11.4 Å². The van der Waals surface area contributed by atoms with Crippen molar-refractivity contribution in [3.8, 4) is 0 Å². The molecule has 2 N–H and O–H groups in total. The van der Waals surface area contributed by atoms with Crippen molar-refractivity contribution < 1.29 is 10.0 Å². The van der Waals surface area contributed by atoms with Gasteiger partial charge in [0, 0.05) is 18.4 Å². The van der Waals surface area contributed by atoms with Crippen LogP contribution >= 0.6 is 0 Å². The second kappa shape index (κ2) is 6.85. The Labute approximate surface area is 123 Å². The van der Waals surface area contributed by atoms with Crippen molar-refractivity contribution in [1.29, 1.82) is 0 Å². The predicted molar refractivity (Wildman–Crippen MR) is 82.4 cm³/mol. The standard InChI is InChI=1S/C16H18N2O3/c1-12(15-4-2-3-5-16(15)18(20)21)17-14-8-6-13(7-9-14)10-11-19/h2-9,12,17,19H,10-11H2,1H3. The van der Waals surface area contributed by atoms with Gasteiger partial charge >= 0.3 is 0 Å². The van der Waals surface area contributed by atoms with Gasteiger partial charge in [0.05, 0.1) is 16.5 Å². The van der Waals surface area contributed by atoms with Gasteiger partial charge in [0.15, 0.2) is 0 Å². The minimum absolute atomic E-state index is 0.120. The molecule has 2 aromatic rings. The van der Waals surface area contributed by atoms with E-state index in [1.54, 1.807) is 18.2 Å². The first-order valence-electron chi connectivity index (χ1n) is 6.81. The van der Waals surface area contributed by atoms with Crippen LogP contribution in [0.15, 0.2) is 48.5 Å². The molecule has 0 saturated heterocycles. The van der Waals surface area contributed by atoms with E-state index in [2.05, 4.69) is 5.32 Å². The normalized spacial score (nSPS) is 11.9. The van der Waals surface area contributed by atoms with Crippen molar-refractivity contribution in [1.82, 2.24) is 0 Å². The lowest BCUT2D eigenvalue weighted by Gasteiger charge is -2.16. The SMILES string of the molecule is CC(Nc1ccc(CCO)cc1)c1ccccc1[N+](=O)[O-]. The van der Waals surface area contributed by atoms with Crippen LogP contribution in [0.4, 0.5) is 11.4 Å². The zero-order valence-corrected chi connectivity index (χ0v) is 11.8. The second-order valence-electron chi connectivity index (χ2n) is 4.85. The lowest BCUT2D eigenvalue weighted by atomic mass is 10.1. The van der Waals surface area contributed by atoms with Crippen LogP contribution in [0.1, 0.15) is 24.1 Å². The number of rotatable bonds is 6. The average molecular weight is 286 g/mol. The van der Waals surface area contributed by atoms with E-state index in [9.17, 15) is 10.1 Å². The highest BCUT2D eigenvalue weighted by Gasteiger charge is 2.17. The summed E-state index contributed by atoms with van der Waals surface area (Å²) in [6.45, 7) is 2.02. The summed E-state index contributed by atoms with van der Waals surface area (Å²) in [4.78, 5) is 10.7. The second-order valence-corrected chi connectivity index (χ2v) is 4.85. The average Bonchev–Trinajstić information content (AvgIpc) is 2.49. The number of para-hydroxylation sites is 1. The number of anilines is 1. The number of aliphatic hydroxyl groups excluding tert-OH is 1. The zero-order valence-electron chi connectivity index (χ0n) is 11.8. The number of aliphatic hydroxyl groups is 1. The predicted octanol–water partition coefficient (Wildman–Crippen LogP) is 3.30. The Bertz CT molecular complexity index is 611. The van der Waals surface area contributed by atoms with Gasteiger partial charge in [-0.1, -0.05) is 30.3 Å². The summed E-state index contributed by atoms with van der Waals surface area (Å²) >= 11 is 0. The van der Waals surface area contributed by atoms with Crippen LogP contribution in [0.25, 0.3) is 0 Å². The molecule has 5 heteroatoms. The van der Waals surface area contributed by atoms with E-state index < -0.39 is 0 Å². The van der Waals surface area contributed by atoms with E-state index in [4.69, 9.17) is 5.11 Å². The van der Waals surface area contributed by atoms with Gasteiger partial charge in [-0.3, -0.25) is 10.1 Å². The van der Waals surface area contributed by atoms with Gasteiger partial charge in [0.25, 0.3) is 5.69 Å². The molecule has 1 atom stereocenters. The van der Waals surface area contributed by atoms with Crippen LogP contribution in [-0.4, -0.2) is 16.6 Å². The van der Waals surface area contributed by atoms with Crippen LogP contribution in [0.3, 0.4) is 0 Å². The number of nitro groups is 1. The fourth-order valence-corrected chi connectivity index (χ4v) is 2.24. The monoisotopic (exact) mass is 286 g/mol. The molecule has 2 aromatic carbocycles. The molecule has 0 saturated carbocycles. The zero-order chi connectivity index (χ0) is 15.2. The Morgan fingerprint density at radius 2 is 1.86 bits per heavy atom. The molecule has 21 heavy (non-hydrogen) atoms. The molecule has 110 valence electrons. The van der Waals surface area contributed by atoms with Gasteiger partial charge in [-0.2, -0.15) is 0 Å². The number of hydrogen-bond acceptors (Lipinski definition) is 4. The number of benzene rings is 2. The van der Waals surface area contributed by atoms with Crippen LogP contribution in [-0.2, 0) is 6.42 Å². The Morgan fingerprint density at radius 3 is 2.48 bits per heavy atom. The Morgan fingerprint density at radius 1 is 1.19 bits per heavy atom. The maximum absolute atomic E-state index is 11.0. The van der Waals surface area contributed by atoms with Gasteiger partial charge < -0.3 is 10.4 Å². The number of nitro benzene ring substituents is 1. The molecule has 5 nitrogen and oxygen atoms in total. The molecule has 0 aliphatic carbocycles. The summed E-state index contributed by atoms with van der Waals surface area (Å²) in [5.74, 6) is 0. The van der Waals surface area contributed by atoms with E-state index in [0.29, 0.717) is 12.0 Å². The molecule has 0 heterocycles. The summed E-state index contributed by atoms with van der Waals surface area (Å²) in [5.41, 5.74) is 2.72. The molecule has 0 aromatic heterocycles. The molecular weight excluding hydrogens is 268 g/mol. The molecule has 0 spiro atoms. The van der Waals surface area contributed by atoms with Crippen molar-refractivity contribution in [2.45, 2.75) is 19.4 Å². The van der Waals surface area contributed by atoms with E-state index in [1.165, 1.54) is 6.07 Å². The molecule has 0 amide bonds. The smallest absolute Gasteiger partial charge is 0.274 e. The maximum atomic E-state index is 11.0. The largest absolute Gasteiger partial charge is 0.396 e. The highest BCUT2D eigenvalue weighted by atomic mass is 16.6. The molecule has 0 aliphatic heterocycles. The maximum Gasteiger partial charge on any atom is 0.274 e. The Balaban J connectivity index is 2.14. The van der Waals surface area contributed by atoms with E-state index >= 15 is 0 Å². The number of hydrogen-bond donors (Lipinski definition) is 2. The first-order chi connectivity index (χ1) is 10.1. The van der Waals surface area contributed by atoms with Crippen molar-refractivity contribution in [2.75, 3.05) is 11.9 Å². The molecule has 0 bridgehead atoms. The first-order valence-corrected chi connectivity index (χ1v) is 6.81. The van der Waals surface area contributed by atoms with Crippen molar-refractivity contribution in [3.05, 3.63) is 69.8 Å². The summed E-state index contributed by atoms with van der Waals surface area (Å²) in [5, 5.41) is 23.2. The van der Waals surface area contributed by atoms with E-state index in [0.717, 1.165) is 11.3 Å². The Hall–Kier alpha value is -2.40. The van der Waals surface area contributed by atoms with Crippen LogP contribution < -0.4 is 5.32 Å². The van der Waals surface area contributed by atoms with E-state index in [1.807, 2.05) is 31.2 Å².